The van der Waals surface area contributed by atoms with E-state index in [0.29, 0.717) is 19.3 Å². The summed E-state index contributed by atoms with van der Waals surface area (Å²) in [6.07, 6.45) is 87.6. The molecule has 0 amide bonds. The molecule has 0 radical (unpaired) electrons. The third-order valence-corrected chi connectivity index (χ3v) is 14.7. The van der Waals surface area contributed by atoms with Gasteiger partial charge in [-0.25, -0.2) is 0 Å². The van der Waals surface area contributed by atoms with E-state index >= 15 is 0 Å². The predicted octanol–water partition coefficient (Wildman–Crippen LogP) is 23.1. The summed E-state index contributed by atoms with van der Waals surface area (Å²) in [4.78, 5) is 38.1. The first-order chi connectivity index (χ1) is 38.5. The van der Waals surface area contributed by atoms with Gasteiger partial charge >= 0.3 is 17.9 Å². The molecule has 78 heavy (non-hydrogen) atoms. The quantitative estimate of drug-likeness (QED) is 0.0261. The Morgan fingerprint density at radius 2 is 0.500 bits per heavy atom. The number of unbranched alkanes of at least 4 members (excludes halogenated alkanes) is 36. The third kappa shape index (κ3) is 63.4. The maximum Gasteiger partial charge on any atom is 0.306 e. The van der Waals surface area contributed by atoms with Gasteiger partial charge in [-0.3, -0.25) is 14.4 Å². The summed E-state index contributed by atoms with van der Waals surface area (Å²) in [7, 11) is 0. The molecule has 6 heteroatoms. The second-order valence-corrected chi connectivity index (χ2v) is 22.4. The zero-order valence-corrected chi connectivity index (χ0v) is 51.7. The van der Waals surface area contributed by atoms with Crippen molar-refractivity contribution in [3.05, 3.63) is 85.1 Å². The molecular formula is C72H126O6. The van der Waals surface area contributed by atoms with Crippen LogP contribution in [0.25, 0.3) is 0 Å². The zero-order valence-electron chi connectivity index (χ0n) is 51.7. The summed E-state index contributed by atoms with van der Waals surface area (Å²) in [6, 6.07) is 0. The number of ether oxygens (including phenoxy) is 3. The Morgan fingerprint density at radius 3 is 0.782 bits per heavy atom. The molecule has 0 saturated heterocycles. The van der Waals surface area contributed by atoms with Gasteiger partial charge < -0.3 is 14.2 Å². The van der Waals surface area contributed by atoms with E-state index in [2.05, 4.69) is 106 Å². The molecule has 450 valence electrons. The minimum Gasteiger partial charge on any atom is -0.462 e. The minimum absolute atomic E-state index is 0.0704. The molecule has 6 nitrogen and oxygen atoms in total. The van der Waals surface area contributed by atoms with Crippen LogP contribution in [-0.4, -0.2) is 37.2 Å². The Balaban J connectivity index is 4.06. The number of carbonyl (C=O) groups is 3. The summed E-state index contributed by atoms with van der Waals surface area (Å²) < 4.78 is 16.9. The van der Waals surface area contributed by atoms with Gasteiger partial charge in [-0.2, -0.15) is 0 Å². The van der Waals surface area contributed by atoms with Gasteiger partial charge in [0.25, 0.3) is 0 Å². The Morgan fingerprint density at radius 1 is 0.269 bits per heavy atom. The van der Waals surface area contributed by atoms with Crippen LogP contribution < -0.4 is 0 Å². The Bertz CT molecular complexity index is 1480. The fraction of sp³-hybridized carbons (Fsp3) is 0.764. The predicted molar refractivity (Wildman–Crippen MR) is 339 cm³/mol. The molecule has 0 aromatic heterocycles. The van der Waals surface area contributed by atoms with Gasteiger partial charge in [-0.1, -0.05) is 324 Å². The molecule has 0 bridgehead atoms. The number of hydrogen-bond donors (Lipinski definition) is 0. The second kappa shape index (κ2) is 66.1. The highest BCUT2D eigenvalue weighted by Gasteiger charge is 2.19. The minimum atomic E-state index is -0.771. The molecule has 0 aliphatic heterocycles. The lowest BCUT2D eigenvalue weighted by Gasteiger charge is -2.18. The summed E-state index contributed by atoms with van der Waals surface area (Å²) in [5.41, 5.74) is 0. The highest BCUT2D eigenvalue weighted by Crippen LogP contribution is 2.17. The van der Waals surface area contributed by atoms with Crippen LogP contribution in [0.15, 0.2) is 85.1 Å². The lowest BCUT2D eigenvalue weighted by Crippen LogP contribution is -2.30. The van der Waals surface area contributed by atoms with Crippen molar-refractivity contribution in [3.8, 4) is 0 Å². The van der Waals surface area contributed by atoms with Gasteiger partial charge in [0.05, 0.1) is 0 Å². The van der Waals surface area contributed by atoms with Crippen LogP contribution in [-0.2, 0) is 28.6 Å². The van der Waals surface area contributed by atoms with Crippen molar-refractivity contribution in [2.45, 2.75) is 341 Å². The second-order valence-electron chi connectivity index (χ2n) is 22.4. The fourth-order valence-electron chi connectivity index (χ4n) is 9.66. The van der Waals surface area contributed by atoms with Crippen molar-refractivity contribution in [3.63, 3.8) is 0 Å². The summed E-state index contributed by atoms with van der Waals surface area (Å²) in [5, 5.41) is 0. The van der Waals surface area contributed by atoms with E-state index in [-0.39, 0.29) is 31.1 Å². The SMILES string of the molecule is CC/C=C\C/C=C\C/C=C\C/C=C\C/C=C\C/C=C\C/C=C\CCCCCCCCCCCCCCCC(=O)OCC(COC(=O)CCCCCCCCCC)OC(=O)CCCCCCCCCCCCCCCCCCC. The topological polar surface area (TPSA) is 78.9 Å². The summed E-state index contributed by atoms with van der Waals surface area (Å²) in [5.74, 6) is -0.859. The number of allylic oxidation sites excluding steroid dienone is 14. The van der Waals surface area contributed by atoms with Gasteiger partial charge in [0.15, 0.2) is 6.10 Å². The van der Waals surface area contributed by atoms with E-state index in [9.17, 15) is 14.4 Å². The van der Waals surface area contributed by atoms with Crippen molar-refractivity contribution in [1.29, 1.82) is 0 Å². The molecule has 0 saturated carbocycles. The number of rotatable bonds is 61. The molecular weight excluding hydrogens is 961 g/mol. The first kappa shape index (κ1) is 74.6. The first-order valence-electron chi connectivity index (χ1n) is 33.6. The largest absolute Gasteiger partial charge is 0.462 e. The van der Waals surface area contributed by atoms with Gasteiger partial charge in [0.2, 0.25) is 0 Å². The Kier molecular flexibility index (Phi) is 63.2. The number of esters is 3. The molecule has 1 unspecified atom stereocenters. The highest BCUT2D eigenvalue weighted by molar-refractivity contribution is 5.71. The monoisotopic (exact) mass is 1090 g/mol. The lowest BCUT2D eigenvalue weighted by atomic mass is 10.0. The molecule has 0 heterocycles. The van der Waals surface area contributed by atoms with Gasteiger partial charge in [0.1, 0.15) is 13.2 Å². The molecule has 0 aliphatic carbocycles. The van der Waals surface area contributed by atoms with Gasteiger partial charge in [0, 0.05) is 19.3 Å². The summed E-state index contributed by atoms with van der Waals surface area (Å²) in [6.45, 7) is 6.54. The van der Waals surface area contributed by atoms with Crippen molar-refractivity contribution in [2.24, 2.45) is 0 Å². The molecule has 0 N–H and O–H groups in total. The van der Waals surface area contributed by atoms with Crippen molar-refractivity contribution >= 4 is 17.9 Å². The normalized spacial score (nSPS) is 12.6. The highest BCUT2D eigenvalue weighted by atomic mass is 16.6. The van der Waals surface area contributed by atoms with Crippen molar-refractivity contribution in [1.82, 2.24) is 0 Å². The van der Waals surface area contributed by atoms with Crippen LogP contribution >= 0.6 is 0 Å². The number of carbonyl (C=O) groups excluding carboxylic acids is 3. The third-order valence-electron chi connectivity index (χ3n) is 14.7. The van der Waals surface area contributed by atoms with Crippen LogP contribution in [0.2, 0.25) is 0 Å². The molecule has 1 atom stereocenters. The smallest absolute Gasteiger partial charge is 0.306 e. The fourth-order valence-corrected chi connectivity index (χ4v) is 9.66. The van der Waals surface area contributed by atoms with E-state index in [4.69, 9.17) is 14.2 Å². The Labute approximate surface area is 484 Å². The average Bonchev–Trinajstić information content (AvgIpc) is 3.44. The van der Waals surface area contributed by atoms with Crippen molar-refractivity contribution in [2.75, 3.05) is 13.2 Å². The van der Waals surface area contributed by atoms with E-state index in [0.717, 1.165) is 103 Å². The average molecular weight is 1090 g/mol. The number of hydrogen-bond acceptors (Lipinski definition) is 6. The van der Waals surface area contributed by atoms with Crippen LogP contribution in [0.1, 0.15) is 335 Å². The standard InChI is InChI=1S/C72H126O6/c1-4-7-10-13-16-19-21-23-25-27-28-29-30-31-32-33-34-35-36-37-38-39-40-41-42-43-44-46-47-49-51-53-56-59-62-65-71(74)77-68-69(67-76-70(73)64-61-58-55-18-15-12-9-6-3)78-72(75)66-63-60-57-54-52-50-48-45-26-24-22-20-17-14-11-8-5-2/h7,10,16,19,23,25,28-29,31-32,34-35,37-38,69H,4-6,8-9,11-15,17-18,20-22,24,26-27,30,33,36,39-68H2,1-3H3/b10-7-,19-16-,25-23-,29-28-,32-31-,35-34-,38-37-. The maximum atomic E-state index is 12.9. The molecule has 0 aromatic rings. The lowest BCUT2D eigenvalue weighted by molar-refractivity contribution is -0.167. The molecule has 0 spiro atoms. The first-order valence-corrected chi connectivity index (χ1v) is 33.6. The van der Waals surface area contributed by atoms with E-state index in [1.165, 1.54) is 193 Å². The van der Waals surface area contributed by atoms with E-state index in [1.807, 2.05) is 0 Å². The van der Waals surface area contributed by atoms with Crippen LogP contribution in [0, 0.1) is 0 Å². The zero-order chi connectivity index (χ0) is 56.4. The molecule has 0 aromatic carbocycles. The molecule has 0 aliphatic rings. The molecule has 0 rings (SSSR count). The van der Waals surface area contributed by atoms with Crippen LogP contribution in [0.5, 0.6) is 0 Å². The van der Waals surface area contributed by atoms with Crippen molar-refractivity contribution < 1.29 is 28.6 Å². The Hall–Kier alpha value is -3.41. The maximum absolute atomic E-state index is 12.9. The van der Waals surface area contributed by atoms with Gasteiger partial charge in [-0.05, 0) is 77.0 Å². The summed E-state index contributed by atoms with van der Waals surface area (Å²) >= 11 is 0. The van der Waals surface area contributed by atoms with E-state index < -0.39 is 6.10 Å². The van der Waals surface area contributed by atoms with Crippen LogP contribution in [0.3, 0.4) is 0 Å². The van der Waals surface area contributed by atoms with Crippen LogP contribution in [0.4, 0.5) is 0 Å². The van der Waals surface area contributed by atoms with Gasteiger partial charge in [-0.15, -0.1) is 0 Å². The molecule has 0 fully saturated rings. The van der Waals surface area contributed by atoms with E-state index in [1.54, 1.807) is 0 Å².